The fourth-order valence-electron chi connectivity index (χ4n) is 1.25. The molecule has 0 unspecified atom stereocenters. The molecule has 0 atom stereocenters. The zero-order valence-corrected chi connectivity index (χ0v) is 8.09. The lowest BCUT2D eigenvalue weighted by atomic mass is 10.1. The Balaban J connectivity index is 2.66. The van der Waals surface area contributed by atoms with Crippen molar-refractivity contribution < 1.29 is 18.7 Å². The van der Waals surface area contributed by atoms with Crippen molar-refractivity contribution in [3.05, 3.63) is 29.5 Å². The van der Waals surface area contributed by atoms with Crippen LogP contribution in [0.3, 0.4) is 0 Å². The van der Waals surface area contributed by atoms with Crippen LogP contribution < -0.4 is 0 Å². The van der Waals surface area contributed by atoms with Crippen LogP contribution in [0, 0.1) is 0 Å². The monoisotopic (exact) mass is 229 g/mol. The Morgan fingerprint density at radius 3 is 2.80 bits per heavy atom. The van der Waals surface area contributed by atoms with Crippen molar-refractivity contribution >= 4 is 27.6 Å². The van der Waals surface area contributed by atoms with Gasteiger partial charge in [-0.2, -0.15) is 4.37 Å². The summed E-state index contributed by atoms with van der Waals surface area (Å²) < 4.78 is 29.1. The fourth-order valence-corrected chi connectivity index (χ4v) is 2.01. The highest BCUT2D eigenvalue weighted by Gasteiger charge is 2.16. The highest BCUT2D eigenvalue weighted by Crippen LogP contribution is 2.30. The van der Waals surface area contributed by atoms with Gasteiger partial charge in [0, 0.05) is 5.39 Å². The number of nitrogens with zero attached hydrogens (tertiary/aromatic N) is 1. The van der Waals surface area contributed by atoms with E-state index in [0.29, 0.717) is 4.70 Å². The topological polar surface area (TPSA) is 50.2 Å². The molecule has 0 aliphatic heterocycles. The van der Waals surface area contributed by atoms with E-state index in [9.17, 15) is 13.6 Å². The molecule has 0 spiro atoms. The van der Waals surface area contributed by atoms with Crippen LogP contribution >= 0.6 is 11.5 Å². The average Bonchev–Trinajstić information content (AvgIpc) is 2.59. The van der Waals surface area contributed by atoms with E-state index in [1.165, 1.54) is 18.2 Å². The predicted molar refractivity (Wildman–Crippen MR) is 51.5 cm³/mol. The van der Waals surface area contributed by atoms with Gasteiger partial charge in [0.1, 0.15) is 5.69 Å². The number of alkyl halides is 2. The first-order valence-electron chi connectivity index (χ1n) is 4.00. The van der Waals surface area contributed by atoms with Crippen molar-refractivity contribution in [2.45, 2.75) is 6.43 Å². The Hall–Kier alpha value is -1.56. The molecule has 0 aliphatic rings. The highest BCUT2D eigenvalue weighted by atomic mass is 32.1. The summed E-state index contributed by atoms with van der Waals surface area (Å²) in [5.74, 6) is -1.14. The van der Waals surface area contributed by atoms with Crippen molar-refractivity contribution in [3.63, 3.8) is 0 Å². The third kappa shape index (κ3) is 1.68. The number of hydrogen-bond acceptors (Lipinski definition) is 3. The Kier molecular flexibility index (Phi) is 2.36. The summed E-state index contributed by atoms with van der Waals surface area (Å²) in [6, 6.07) is 4.09. The Bertz CT molecular complexity index is 524. The molecule has 2 aromatic rings. The molecule has 78 valence electrons. The maximum Gasteiger partial charge on any atom is 0.335 e. The number of rotatable bonds is 2. The van der Waals surface area contributed by atoms with Gasteiger partial charge in [0.05, 0.1) is 10.3 Å². The second-order valence-corrected chi connectivity index (χ2v) is 3.69. The van der Waals surface area contributed by atoms with E-state index in [4.69, 9.17) is 5.11 Å². The lowest BCUT2D eigenvalue weighted by Crippen LogP contribution is -1.95. The number of aromatic carboxylic acids is 1. The van der Waals surface area contributed by atoms with Crippen LogP contribution in [0.2, 0.25) is 0 Å². The van der Waals surface area contributed by atoms with E-state index in [0.717, 1.165) is 11.5 Å². The number of hydrogen-bond donors (Lipinski definition) is 1. The number of carboxylic acid groups (broad SMARTS) is 1. The molecule has 0 amide bonds. The van der Waals surface area contributed by atoms with Crippen molar-refractivity contribution in [2.75, 3.05) is 0 Å². The Morgan fingerprint density at radius 2 is 2.20 bits per heavy atom. The van der Waals surface area contributed by atoms with Gasteiger partial charge in [0.2, 0.25) is 0 Å². The van der Waals surface area contributed by atoms with Gasteiger partial charge in [-0.05, 0) is 29.7 Å². The van der Waals surface area contributed by atoms with Gasteiger partial charge in [0.15, 0.2) is 0 Å². The maximum absolute atomic E-state index is 12.5. The zero-order valence-electron chi connectivity index (χ0n) is 7.28. The molecule has 0 saturated carbocycles. The second kappa shape index (κ2) is 3.54. The Morgan fingerprint density at radius 1 is 1.47 bits per heavy atom. The first kappa shape index (κ1) is 9.97. The molecule has 0 saturated heterocycles. The van der Waals surface area contributed by atoms with Crippen LogP contribution in [0.4, 0.5) is 8.78 Å². The van der Waals surface area contributed by atoms with E-state index in [-0.39, 0.29) is 16.6 Å². The van der Waals surface area contributed by atoms with Crippen molar-refractivity contribution in [1.82, 2.24) is 4.37 Å². The van der Waals surface area contributed by atoms with E-state index >= 15 is 0 Å². The summed E-state index contributed by atoms with van der Waals surface area (Å²) in [5, 5.41) is 8.92. The standard InChI is InChI=1S/C9H5F2NO2S/c10-8(11)7-5-3-4(9(13)14)1-2-6(5)15-12-7/h1-3,8H,(H,13,14). The summed E-state index contributed by atoms with van der Waals surface area (Å²) in [5.41, 5.74) is -0.359. The van der Waals surface area contributed by atoms with E-state index in [2.05, 4.69) is 4.37 Å². The lowest BCUT2D eigenvalue weighted by molar-refractivity contribution is 0.0697. The molecule has 3 nitrogen and oxygen atoms in total. The normalized spacial score (nSPS) is 11.1. The van der Waals surface area contributed by atoms with Crippen LogP contribution in [-0.2, 0) is 0 Å². The number of aromatic nitrogens is 1. The molecule has 0 fully saturated rings. The maximum atomic E-state index is 12.5. The SMILES string of the molecule is O=C(O)c1ccc2snc(C(F)F)c2c1. The predicted octanol–water partition coefficient (Wildman–Crippen LogP) is 2.93. The molecule has 0 bridgehead atoms. The molecule has 0 aliphatic carbocycles. The minimum Gasteiger partial charge on any atom is -0.478 e. The van der Waals surface area contributed by atoms with Crippen molar-refractivity contribution in [2.24, 2.45) is 0 Å². The van der Waals surface area contributed by atoms with Gasteiger partial charge >= 0.3 is 5.97 Å². The molecule has 2 rings (SSSR count). The minimum absolute atomic E-state index is 0.00963. The number of carbonyl (C=O) groups is 1. The van der Waals surface area contributed by atoms with Crippen molar-refractivity contribution in [3.8, 4) is 0 Å². The minimum atomic E-state index is -2.68. The highest BCUT2D eigenvalue weighted by molar-refractivity contribution is 7.13. The van der Waals surface area contributed by atoms with E-state index < -0.39 is 12.4 Å². The molecule has 1 aromatic carbocycles. The fraction of sp³-hybridized carbons (Fsp3) is 0.111. The lowest BCUT2D eigenvalue weighted by Gasteiger charge is -1.96. The van der Waals surface area contributed by atoms with Gasteiger partial charge < -0.3 is 5.11 Å². The smallest absolute Gasteiger partial charge is 0.335 e. The van der Waals surface area contributed by atoms with Crippen molar-refractivity contribution in [1.29, 1.82) is 0 Å². The van der Waals surface area contributed by atoms with Crippen LogP contribution in [0.1, 0.15) is 22.5 Å². The molecular formula is C9H5F2NO2S. The second-order valence-electron chi connectivity index (χ2n) is 2.88. The van der Waals surface area contributed by atoms with Crippen LogP contribution in [-0.4, -0.2) is 15.4 Å². The molecular weight excluding hydrogens is 224 g/mol. The molecule has 1 N–H and O–H groups in total. The van der Waals surface area contributed by atoms with Gasteiger partial charge in [-0.1, -0.05) is 0 Å². The van der Waals surface area contributed by atoms with Gasteiger partial charge in [-0.3, -0.25) is 0 Å². The molecule has 0 radical (unpaired) electrons. The van der Waals surface area contributed by atoms with Crippen LogP contribution in [0.15, 0.2) is 18.2 Å². The molecule has 1 aromatic heterocycles. The number of halogens is 2. The average molecular weight is 229 g/mol. The number of benzene rings is 1. The largest absolute Gasteiger partial charge is 0.478 e. The molecule has 6 heteroatoms. The summed E-state index contributed by atoms with van der Waals surface area (Å²) >= 11 is 0.940. The van der Waals surface area contributed by atoms with E-state index in [1.807, 2.05) is 0 Å². The third-order valence-corrected chi connectivity index (χ3v) is 2.79. The summed E-state index contributed by atoms with van der Waals surface area (Å²) in [6.45, 7) is 0. The first-order valence-corrected chi connectivity index (χ1v) is 4.77. The van der Waals surface area contributed by atoms with Gasteiger partial charge in [-0.25, -0.2) is 13.6 Å². The molecule has 15 heavy (non-hydrogen) atoms. The summed E-state index contributed by atoms with van der Waals surface area (Å²) in [4.78, 5) is 10.6. The quantitative estimate of drug-likeness (QED) is 0.861. The van der Waals surface area contributed by atoms with Crippen LogP contribution in [0.5, 0.6) is 0 Å². The third-order valence-electron chi connectivity index (χ3n) is 1.95. The van der Waals surface area contributed by atoms with Crippen LogP contribution in [0.25, 0.3) is 10.1 Å². The first-order chi connectivity index (χ1) is 7.09. The summed E-state index contributed by atoms with van der Waals surface area (Å²) in [6.07, 6.45) is -2.68. The summed E-state index contributed by atoms with van der Waals surface area (Å²) in [7, 11) is 0. The van der Waals surface area contributed by atoms with Gasteiger partial charge in [0.25, 0.3) is 6.43 Å². The Labute approximate surface area is 87.1 Å². The van der Waals surface area contributed by atoms with E-state index in [1.54, 1.807) is 0 Å². The number of carboxylic acids is 1. The van der Waals surface area contributed by atoms with Gasteiger partial charge in [-0.15, -0.1) is 0 Å². The number of fused-ring (bicyclic) bond motifs is 1. The molecule has 1 heterocycles. The zero-order chi connectivity index (χ0) is 11.0.